The van der Waals surface area contributed by atoms with Crippen LogP contribution in [0, 0.1) is 17.2 Å². The Morgan fingerprint density at radius 2 is 2.13 bits per heavy atom. The Labute approximate surface area is 92.7 Å². The summed E-state index contributed by atoms with van der Waals surface area (Å²) < 4.78 is 0. The molecule has 1 aliphatic carbocycles. The summed E-state index contributed by atoms with van der Waals surface area (Å²) in [4.78, 5) is 2.27. The van der Waals surface area contributed by atoms with Gasteiger partial charge in [-0.25, -0.2) is 0 Å². The molecule has 0 spiro atoms. The van der Waals surface area contributed by atoms with Crippen LogP contribution in [0.5, 0.6) is 0 Å². The molecule has 1 aliphatic rings. The third-order valence-electron chi connectivity index (χ3n) is 3.34. The lowest BCUT2D eigenvalue weighted by Crippen LogP contribution is -2.45. The van der Waals surface area contributed by atoms with Crippen molar-refractivity contribution in [3.8, 4) is 6.07 Å². The van der Waals surface area contributed by atoms with Crippen molar-refractivity contribution in [2.45, 2.75) is 51.7 Å². The van der Waals surface area contributed by atoms with Crippen molar-refractivity contribution in [1.82, 2.24) is 4.90 Å². The van der Waals surface area contributed by atoms with Gasteiger partial charge in [0.1, 0.15) is 0 Å². The van der Waals surface area contributed by atoms with E-state index in [1.165, 1.54) is 12.8 Å². The first kappa shape index (κ1) is 12.5. The summed E-state index contributed by atoms with van der Waals surface area (Å²) in [5, 5.41) is 18.8. The van der Waals surface area contributed by atoms with Gasteiger partial charge in [0.05, 0.1) is 11.7 Å². The first-order valence-electron chi connectivity index (χ1n) is 5.80. The van der Waals surface area contributed by atoms with Crippen molar-refractivity contribution in [2.75, 3.05) is 13.1 Å². The van der Waals surface area contributed by atoms with Crippen molar-refractivity contribution in [3.05, 3.63) is 0 Å². The van der Waals surface area contributed by atoms with Crippen LogP contribution in [0.3, 0.4) is 0 Å². The van der Waals surface area contributed by atoms with Gasteiger partial charge in [0.25, 0.3) is 0 Å². The highest BCUT2D eigenvalue weighted by molar-refractivity contribution is 4.91. The minimum absolute atomic E-state index is 0.251. The fourth-order valence-corrected chi connectivity index (χ4v) is 1.62. The number of nitriles is 1. The molecule has 1 saturated carbocycles. The van der Waals surface area contributed by atoms with Crippen LogP contribution in [0.25, 0.3) is 0 Å². The maximum Gasteiger partial charge on any atom is 0.0768 e. The van der Waals surface area contributed by atoms with Gasteiger partial charge in [-0.15, -0.1) is 0 Å². The molecule has 0 aromatic rings. The van der Waals surface area contributed by atoms with Crippen molar-refractivity contribution in [2.24, 2.45) is 5.92 Å². The Bertz CT molecular complexity index is 238. The fraction of sp³-hybridized carbons (Fsp3) is 0.917. The maximum atomic E-state index is 10.2. The van der Waals surface area contributed by atoms with Gasteiger partial charge in [0.15, 0.2) is 0 Å². The molecule has 1 fully saturated rings. The number of hydrogen-bond donors (Lipinski definition) is 1. The largest absolute Gasteiger partial charge is 0.389 e. The lowest BCUT2D eigenvalue weighted by atomic mass is 9.92. The zero-order valence-corrected chi connectivity index (χ0v) is 10.0. The van der Waals surface area contributed by atoms with E-state index in [0.29, 0.717) is 19.0 Å². The second-order valence-electron chi connectivity index (χ2n) is 5.12. The van der Waals surface area contributed by atoms with E-state index in [1.54, 1.807) is 0 Å². The monoisotopic (exact) mass is 210 g/mol. The Morgan fingerprint density at radius 3 is 2.53 bits per heavy atom. The van der Waals surface area contributed by atoms with Crippen LogP contribution in [-0.4, -0.2) is 34.7 Å². The molecule has 0 amide bonds. The van der Waals surface area contributed by atoms with E-state index in [4.69, 9.17) is 5.26 Å². The predicted octanol–water partition coefficient (Wildman–Crippen LogP) is 1.77. The molecule has 0 aliphatic heterocycles. The van der Waals surface area contributed by atoms with Crippen LogP contribution in [0.2, 0.25) is 0 Å². The zero-order chi connectivity index (χ0) is 11.5. The summed E-state index contributed by atoms with van der Waals surface area (Å²) in [6.45, 7) is 7.45. The molecule has 0 aromatic heterocycles. The standard InChI is InChI=1S/C12H22N2O/c1-10(2)12(3,15)9-14(8-4-7-13)11-5-6-11/h10-11,15H,4-6,8-9H2,1-3H3. The van der Waals surface area contributed by atoms with Crippen LogP contribution < -0.4 is 0 Å². The predicted molar refractivity (Wildman–Crippen MR) is 60.3 cm³/mol. The Balaban J connectivity index is 2.47. The molecule has 3 heteroatoms. The fourth-order valence-electron chi connectivity index (χ4n) is 1.62. The normalized spacial score (nSPS) is 20.3. The highest BCUT2D eigenvalue weighted by Crippen LogP contribution is 2.29. The van der Waals surface area contributed by atoms with E-state index < -0.39 is 5.60 Å². The smallest absolute Gasteiger partial charge is 0.0768 e. The number of nitrogens with zero attached hydrogens (tertiary/aromatic N) is 2. The molecule has 86 valence electrons. The third kappa shape index (κ3) is 3.81. The minimum atomic E-state index is -0.641. The van der Waals surface area contributed by atoms with E-state index in [2.05, 4.69) is 11.0 Å². The lowest BCUT2D eigenvalue weighted by Gasteiger charge is -2.34. The average molecular weight is 210 g/mol. The molecule has 1 rings (SSSR count). The van der Waals surface area contributed by atoms with Gasteiger partial charge in [-0.2, -0.15) is 5.26 Å². The van der Waals surface area contributed by atoms with Gasteiger partial charge in [-0.05, 0) is 25.7 Å². The topological polar surface area (TPSA) is 47.3 Å². The van der Waals surface area contributed by atoms with Crippen molar-refractivity contribution in [1.29, 1.82) is 5.26 Å². The van der Waals surface area contributed by atoms with Crippen LogP contribution in [0.4, 0.5) is 0 Å². The van der Waals surface area contributed by atoms with Crippen LogP contribution >= 0.6 is 0 Å². The quantitative estimate of drug-likeness (QED) is 0.727. The Hall–Kier alpha value is -0.590. The second-order valence-corrected chi connectivity index (χ2v) is 5.12. The zero-order valence-electron chi connectivity index (χ0n) is 10.0. The second kappa shape index (κ2) is 4.96. The molecule has 1 atom stereocenters. The average Bonchev–Trinajstić information content (AvgIpc) is 2.94. The molecule has 0 radical (unpaired) electrons. The summed E-state index contributed by atoms with van der Waals surface area (Å²) in [7, 11) is 0. The van der Waals surface area contributed by atoms with Gasteiger partial charge in [-0.3, -0.25) is 4.90 Å². The first-order chi connectivity index (χ1) is 6.97. The van der Waals surface area contributed by atoms with Gasteiger partial charge in [-0.1, -0.05) is 13.8 Å². The highest BCUT2D eigenvalue weighted by atomic mass is 16.3. The summed E-state index contributed by atoms with van der Waals surface area (Å²) >= 11 is 0. The van der Waals surface area contributed by atoms with Crippen molar-refractivity contribution >= 4 is 0 Å². The van der Waals surface area contributed by atoms with E-state index in [0.717, 1.165) is 6.54 Å². The lowest BCUT2D eigenvalue weighted by molar-refractivity contribution is -0.0204. The number of rotatable bonds is 6. The van der Waals surface area contributed by atoms with Gasteiger partial charge < -0.3 is 5.11 Å². The van der Waals surface area contributed by atoms with E-state index in [9.17, 15) is 5.11 Å². The number of aliphatic hydroxyl groups is 1. The SMILES string of the molecule is CC(C)C(C)(O)CN(CCC#N)C1CC1. The summed E-state index contributed by atoms with van der Waals surface area (Å²) in [5.74, 6) is 0.251. The van der Waals surface area contributed by atoms with Crippen LogP contribution in [0.15, 0.2) is 0 Å². The third-order valence-corrected chi connectivity index (χ3v) is 3.34. The molecular weight excluding hydrogens is 188 g/mol. The summed E-state index contributed by atoms with van der Waals surface area (Å²) in [6, 6.07) is 2.79. The first-order valence-corrected chi connectivity index (χ1v) is 5.80. The maximum absolute atomic E-state index is 10.2. The Morgan fingerprint density at radius 1 is 1.53 bits per heavy atom. The molecule has 0 aromatic carbocycles. The van der Waals surface area contributed by atoms with E-state index in [-0.39, 0.29) is 5.92 Å². The molecule has 0 saturated heterocycles. The van der Waals surface area contributed by atoms with Gasteiger partial charge in [0.2, 0.25) is 0 Å². The van der Waals surface area contributed by atoms with Gasteiger partial charge >= 0.3 is 0 Å². The molecule has 0 heterocycles. The van der Waals surface area contributed by atoms with E-state index >= 15 is 0 Å². The van der Waals surface area contributed by atoms with Crippen LogP contribution in [-0.2, 0) is 0 Å². The molecule has 1 unspecified atom stereocenters. The molecular formula is C12H22N2O. The van der Waals surface area contributed by atoms with Crippen molar-refractivity contribution < 1.29 is 5.11 Å². The highest BCUT2D eigenvalue weighted by Gasteiger charge is 2.35. The number of hydrogen-bond acceptors (Lipinski definition) is 3. The summed E-state index contributed by atoms with van der Waals surface area (Å²) in [6.07, 6.45) is 3.00. The molecule has 3 nitrogen and oxygen atoms in total. The van der Waals surface area contributed by atoms with Crippen LogP contribution in [0.1, 0.15) is 40.0 Å². The molecule has 15 heavy (non-hydrogen) atoms. The van der Waals surface area contributed by atoms with Gasteiger partial charge in [0, 0.05) is 25.6 Å². The van der Waals surface area contributed by atoms with E-state index in [1.807, 2.05) is 20.8 Å². The molecule has 0 bridgehead atoms. The molecule has 1 N–H and O–H groups in total. The minimum Gasteiger partial charge on any atom is -0.389 e. The van der Waals surface area contributed by atoms with Crippen molar-refractivity contribution in [3.63, 3.8) is 0 Å². The Kier molecular flexibility index (Phi) is 4.12. The summed E-state index contributed by atoms with van der Waals surface area (Å²) in [5.41, 5.74) is -0.641.